The minimum absolute atomic E-state index is 0.439. The maximum atomic E-state index is 2.63. The lowest BCUT2D eigenvalue weighted by atomic mass is 9.76. The van der Waals surface area contributed by atoms with Crippen molar-refractivity contribution in [2.24, 2.45) is 10.8 Å². The average Bonchev–Trinajstić information content (AvgIpc) is 2.20. The number of hydrogen-bond donors (Lipinski definition) is 0. The second-order valence-corrected chi connectivity index (χ2v) is 7.48. The molecule has 0 saturated carbocycles. The van der Waals surface area contributed by atoms with E-state index in [1.807, 2.05) is 13.8 Å². The molecular formula is C16H36N2. The van der Waals surface area contributed by atoms with Crippen molar-refractivity contribution in [3.8, 4) is 0 Å². The highest BCUT2D eigenvalue weighted by Gasteiger charge is 2.28. The maximum absolute atomic E-state index is 2.63. The van der Waals surface area contributed by atoms with Crippen LogP contribution in [0.25, 0.3) is 0 Å². The van der Waals surface area contributed by atoms with E-state index >= 15 is 0 Å². The monoisotopic (exact) mass is 256 g/mol. The number of nitrogens with zero attached hydrogens (tertiary/aromatic N) is 2. The van der Waals surface area contributed by atoms with E-state index < -0.39 is 0 Å². The van der Waals surface area contributed by atoms with Gasteiger partial charge in [0.25, 0.3) is 0 Å². The highest BCUT2D eigenvalue weighted by Crippen LogP contribution is 2.33. The predicted octanol–water partition coefficient (Wildman–Crippen LogP) is 3.72. The van der Waals surface area contributed by atoms with Crippen LogP contribution in [-0.2, 0) is 0 Å². The SMILES string of the molecule is CC.CN1CCN(CC(C)(C)CC(C)(C)C)CC1. The quantitative estimate of drug-likeness (QED) is 0.759. The molecule has 0 unspecified atom stereocenters. The van der Waals surface area contributed by atoms with Crippen LogP contribution < -0.4 is 0 Å². The summed E-state index contributed by atoms with van der Waals surface area (Å²) < 4.78 is 0. The maximum Gasteiger partial charge on any atom is 0.0110 e. The summed E-state index contributed by atoms with van der Waals surface area (Å²) >= 11 is 0. The molecule has 110 valence electrons. The Bertz CT molecular complexity index is 208. The fourth-order valence-electron chi connectivity index (χ4n) is 3.10. The van der Waals surface area contributed by atoms with E-state index in [0.29, 0.717) is 10.8 Å². The lowest BCUT2D eigenvalue weighted by Crippen LogP contribution is -2.48. The summed E-state index contributed by atoms with van der Waals surface area (Å²) in [6.07, 6.45) is 1.30. The second-order valence-electron chi connectivity index (χ2n) is 7.48. The van der Waals surface area contributed by atoms with Gasteiger partial charge in [0.05, 0.1) is 0 Å². The summed E-state index contributed by atoms with van der Waals surface area (Å²) in [7, 11) is 2.22. The summed E-state index contributed by atoms with van der Waals surface area (Å²) in [6, 6.07) is 0. The molecule has 0 bridgehead atoms. The summed E-state index contributed by atoms with van der Waals surface area (Å²) in [6.45, 7) is 22.0. The molecular weight excluding hydrogens is 220 g/mol. The lowest BCUT2D eigenvalue weighted by Gasteiger charge is -2.40. The van der Waals surface area contributed by atoms with Gasteiger partial charge in [-0.05, 0) is 24.3 Å². The van der Waals surface area contributed by atoms with Crippen molar-refractivity contribution in [3.05, 3.63) is 0 Å². The second kappa shape index (κ2) is 7.49. The molecule has 0 radical (unpaired) electrons. The Morgan fingerprint density at radius 1 is 0.833 bits per heavy atom. The van der Waals surface area contributed by atoms with E-state index in [-0.39, 0.29) is 0 Å². The highest BCUT2D eigenvalue weighted by molar-refractivity contribution is 4.81. The topological polar surface area (TPSA) is 6.48 Å². The number of rotatable bonds is 3. The highest BCUT2D eigenvalue weighted by atomic mass is 15.2. The Labute approximate surface area is 116 Å². The molecule has 0 aromatic carbocycles. The molecule has 2 nitrogen and oxygen atoms in total. The molecule has 0 aromatic rings. The smallest absolute Gasteiger partial charge is 0.0110 e. The van der Waals surface area contributed by atoms with E-state index in [0.717, 1.165) is 0 Å². The van der Waals surface area contributed by atoms with Gasteiger partial charge in [-0.25, -0.2) is 0 Å². The van der Waals surface area contributed by atoms with Gasteiger partial charge in [-0.2, -0.15) is 0 Å². The van der Waals surface area contributed by atoms with Gasteiger partial charge in [-0.15, -0.1) is 0 Å². The van der Waals surface area contributed by atoms with Gasteiger partial charge in [0.1, 0.15) is 0 Å². The van der Waals surface area contributed by atoms with Crippen LogP contribution in [0.1, 0.15) is 54.9 Å². The van der Waals surface area contributed by atoms with E-state index in [4.69, 9.17) is 0 Å². The third kappa shape index (κ3) is 8.10. The zero-order chi connectivity index (χ0) is 14.4. The molecule has 1 fully saturated rings. The Morgan fingerprint density at radius 2 is 1.28 bits per heavy atom. The van der Waals surface area contributed by atoms with E-state index in [1.54, 1.807) is 0 Å². The van der Waals surface area contributed by atoms with E-state index in [9.17, 15) is 0 Å². The molecule has 1 rings (SSSR count). The zero-order valence-electron chi connectivity index (χ0n) is 14.1. The van der Waals surface area contributed by atoms with Crippen molar-refractivity contribution >= 4 is 0 Å². The van der Waals surface area contributed by atoms with Gasteiger partial charge in [0.15, 0.2) is 0 Å². The average molecular weight is 256 g/mol. The Kier molecular flexibility index (Phi) is 7.46. The number of hydrogen-bond acceptors (Lipinski definition) is 2. The molecule has 1 saturated heterocycles. The fraction of sp³-hybridized carbons (Fsp3) is 1.00. The van der Waals surface area contributed by atoms with Crippen molar-refractivity contribution in [2.75, 3.05) is 39.8 Å². The normalized spacial score (nSPS) is 19.3. The van der Waals surface area contributed by atoms with E-state index in [1.165, 1.54) is 39.1 Å². The lowest BCUT2D eigenvalue weighted by molar-refractivity contribution is 0.0881. The first-order chi connectivity index (χ1) is 8.18. The molecule has 0 amide bonds. The molecule has 0 aliphatic carbocycles. The van der Waals surface area contributed by atoms with E-state index in [2.05, 4.69) is 51.5 Å². The Hall–Kier alpha value is -0.0800. The first kappa shape index (κ1) is 17.9. The third-order valence-corrected chi connectivity index (χ3v) is 3.26. The number of piperazine rings is 1. The molecule has 1 aliphatic heterocycles. The first-order valence-electron chi connectivity index (χ1n) is 7.59. The molecule has 1 aliphatic rings. The van der Waals surface area contributed by atoms with Crippen LogP contribution in [0.3, 0.4) is 0 Å². The fourth-order valence-corrected chi connectivity index (χ4v) is 3.10. The van der Waals surface area contributed by atoms with Crippen LogP contribution in [0.5, 0.6) is 0 Å². The van der Waals surface area contributed by atoms with Crippen LogP contribution in [0, 0.1) is 10.8 Å². The molecule has 0 spiro atoms. The molecule has 0 aromatic heterocycles. The summed E-state index contributed by atoms with van der Waals surface area (Å²) in [5.41, 5.74) is 0.879. The summed E-state index contributed by atoms with van der Waals surface area (Å²) in [5, 5.41) is 0. The van der Waals surface area contributed by atoms with Crippen LogP contribution in [-0.4, -0.2) is 49.6 Å². The van der Waals surface area contributed by atoms with Crippen LogP contribution in [0.4, 0.5) is 0 Å². The standard InChI is InChI=1S/C14H30N2.C2H6/c1-13(2,3)11-14(4,5)12-16-9-7-15(6)8-10-16;1-2/h7-12H2,1-6H3;1-2H3. The van der Waals surface area contributed by atoms with Crippen LogP contribution in [0.15, 0.2) is 0 Å². The largest absolute Gasteiger partial charge is 0.304 e. The zero-order valence-corrected chi connectivity index (χ0v) is 14.1. The first-order valence-corrected chi connectivity index (χ1v) is 7.59. The predicted molar refractivity (Wildman–Crippen MR) is 83.1 cm³/mol. The van der Waals surface area contributed by atoms with Gasteiger partial charge in [0.2, 0.25) is 0 Å². The van der Waals surface area contributed by atoms with Gasteiger partial charge in [0, 0.05) is 32.7 Å². The molecule has 0 N–H and O–H groups in total. The van der Waals surface area contributed by atoms with Gasteiger partial charge in [-0.3, -0.25) is 0 Å². The molecule has 2 heteroatoms. The minimum atomic E-state index is 0.439. The Morgan fingerprint density at radius 3 is 1.67 bits per heavy atom. The van der Waals surface area contributed by atoms with Gasteiger partial charge in [-0.1, -0.05) is 48.5 Å². The van der Waals surface area contributed by atoms with Crippen molar-refractivity contribution < 1.29 is 0 Å². The minimum Gasteiger partial charge on any atom is -0.304 e. The van der Waals surface area contributed by atoms with Crippen LogP contribution >= 0.6 is 0 Å². The van der Waals surface area contributed by atoms with Crippen LogP contribution in [0.2, 0.25) is 0 Å². The van der Waals surface area contributed by atoms with Crippen molar-refractivity contribution in [2.45, 2.75) is 54.9 Å². The number of likely N-dealkylation sites (N-methyl/N-ethyl adjacent to an activating group) is 1. The van der Waals surface area contributed by atoms with Crippen molar-refractivity contribution in [1.82, 2.24) is 9.80 Å². The molecule has 0 atom stereocenters. The van der Waals surface area contributed by atoms with Gasteiger partial charge < -0.3 is 9.80 Å². The summed E-state index contributed by atoms with van der Waals surface area (Å²) in [5.74, 6) is 0. The molecule has 18 heavy (non-hydrogen) atoms. The Balaban J connectivity index is 0.00000137. The van der Waals surface area contributed by atoms with Crippen molar-refractivity contribution in [1.29, 1.82) is 0 Å². The molecule has 1 heterocycles. The summed E-state index contributed by atoms with van der Waals surface area (Å²) in [4.78, 5) is 5.05. The van der Waals surface area contributed by atoms with Crippen molar-refractivity contribution in [3.63, 3.8) is 0 Å². The third-order valence-electron chi connectivity index (χ3n) is 3.26. The van der Waals surface area contributed by atoms with Gasteiger partial charge >= 0.3 is 0 Å².